The van der Waals surface area contributed by atoms with E-state index < -0.39 is 32.3 Å². The van der Waals surface area contributed by atoms with Gasteiger partial charge in [0.2, 0.25) is 0 Å². The van der Waals surface area contributed by atoms with Crippen LogP contribution in [0.4, 0.5) is 0 Å². The van der Waals surface area contributed by atoms with Crippen molar-refractivity contribution >= 4 is 20.2 Å². The zero-order valence-corrected chi connectivity index (χ0v) is 11.5. The maximum absolute atomic E-state index is 11.3. The Morgan fingerprint density at radius 1 is 1.00 bits per heavy atom. The Kier molecular flexibility index (Phi) is 8.45. The SMILES string of the molecule is CCCC(N)C(=O)O[P+](=O)OC(=O)C(N)CCC. The van der Waals surface area contributed by atoms with Gasteiger partial charge in [-0.05, 0) is 12.8 Å². The topological polar surface area (TPSA) is 122 Å². The van der Waals surface area contributed by atoms with Crippen LogP contribution in [-0.4, -0.2) is 24.0 Å². The molecule has 2 atom stereocenters. The summed E-state index contributed by atoms with van der Waals surface area (Å²) in [5.74, 6) is -1.70. The molecule has 0 aromatic heterocycles. The third kappa shape index (κ3) is 6.64. The number of carbonyl (C=O) groups is 2. The minimum absolute atomic E-state index is 0.408. The third-order valence-electron chi connectivity index (χ3n) is 2.13. The molecule has 0 heterocycles. The van der Waals surface area contributed by atoms with E-state index in [1.54, 1.807) is 0 Å². The van der Waals surface area contributed by atoms with Gasteiger partial charge in [-0.2, -0.15) is 9.05 Å². The molecule has 0 radical (unpaired) electrons. The van der Waals surface area contributed by atoms with E-state index in [0.717, 1.165) is 0 Å². The molecule has 0 aromatic carbocycles. The first-order valence-corrected chi connectivity index (χ1v) is 6.93. The largest absolute Gasteiger partial charge is 0.811 e. The summed E-state index contributed by atoms with van der Waals surface area (Å²) in [6, 6.07) is -1.73. The molecule has 18 heavy (non-hydrogen) atoms. The summed E-state index contributed by atoms with van der Waals surface area (Å²) < 4.78 is 20.1. The van der Waals surface area contributed by atoms with Crippen LogP contribution in [0.2, 0.25) is 0 Å². The molecule has 2 unspecified atom stereocenters. The monoisotopic (exact) mass is 279 g/mol. The standard InChI is InChI=1S/C10H20N2O5P/c1-3-5-7(11)9(13)16-18(15)17-10(14)8(12)6-4-2/h7-8H,3-6,11-12H2,1-2H3/q+1. The van der Waals surface area contributed by atoms with Crippen molar-refractivity contribution in [2.45, 2.75) is 51.6 Å². The maximum Gasteiger partial charge on any atom is 0.811 e. The lowest BCUT2D eigenvalue weighted by Gasteiger charge is -2.04. The molecule has 0 bridgehead atoms. The number of nitrogens with two attached hydrogens (primary N) is 2. The van der Waals surface area contributed by atoms with E-state index in [4.69, 9.17) is 11.5 Å². The molecule has 0 aliphatic carbocycles. The molecule has 4 N–H and O–H groups in total. The van der Waals surface area contributed by atoms with Crippen molar-refractivity contribution in [3.8, 4) is 0 Å². The van der Waals surface area contributed by atoms with Crippen molar-refractivity contribution in [2.24, 2.45) is 11.5 Å². The van der Waals surface area contributed by atoms with Gasteiger partial charge < -0.3 is 11.5 Å². The van der Waals surface area contributed by atoms with Crippen molar-refractivity contribution in [2.75, 3.05) is 0 Å². The Labute approximate surface area is 107 Å². The Hall–Kier alpha value is -1.04. The number of hydrogen-bond acceptors (Lipinski definition) is 7. The highest BCUT2D eigenvalue weighted by Gasteiger charge is 2.35. The lowest BCUT2D eigenvalue weighted by molar-refractivity contribution is -0.139. The van der Waals surface area contributed by atoms with Crippen LogP contribution >= 0.6 is 8.25 Å². The summed E-state index contributed by atoms with van der Waals surface area (Å²) in [4.78, 5) is 22.5. The van der Waals surface area contributed by atoms with Gasteiger partial charge in [0.15, 0.2) is 0 Å². The molecule has 0 aliphatic rings. The first-order valence-electron chi connectivity index (χ1n) is 5.84. The quantitative estimate of drug-likeness (QED) is 0.635. The highest BCUT2D eigenvalue weighted by Crippen LogP contribution is 2.25. The highest BCUT2D eigenvalue weighted by atomic mass is 31.1. The summed E-state index contributed by atoms with van der Waals surface area (Å²) in [6.45, 7) is 3.69. The minimum atomic E-state index is -2.85. The molecule has 0 saturated carbocycles. The van der Waals surface area contributed by atoms with E-state index >= 15 is 0 Å². The molecule has 104 valence electrons. The van der Waals surface area contributed by atoms with Gasteiger partial charge >= 0.3 is 20.2 Å². The molecule has 0 aliphatic heterocycles. The molecule has 0 saturated heterocycles. The Morgan fingerprint density at radius 3 is 1.61 bits per heavy atom. The first-order chi connectivity index (χ1) is 8.42. The Bertz CT molecular complexity index is 283. The summed E-state index contributed by atoms with van der Waals surface area (Å²) in [5.41, 5.74) is 10.9. The lowest BCUT2D eigenvalue weighted by Crippen LogP contribution is -2.32. The molecular formula is C10H20N2O5P+. The second-order valence-electron chi connectivity index (χ2n) is 3.83. The van der Waals surface area contributed by atoms with E-state index in [2.05, 4.69) is 9.05 Å². The lowest BCUT2D eigenvalue weighted by atomic mass is 10.2. The van der Waals surface area contributed by atoms with Gasteiger partial charge in [0.1, 0.15) is 12.1 Å². The third-order valence-corrected chi connectivity index (χ3v) is 2.79. The smallest absolute Gasteiger partial charge is 0.318 e. The van der Waals surface area contributed by atoms with Crippen molar-refractivity contribution in [3.05, 3.63) is 0 Å². The molecule has 7 nitrogen and oxygen atoms in total. The molecule has 8 heteroatoms. The maximum atomic E-state index is 11.3. The molecule has 0 amide bonds. The zero-order valence-electron chi connectivity index (χ0n) is 10.6. The van der Waals surface area contributed by atoms with Crippen molar-refractivity contribution in [3.63, 3.8) is 0 Å². The van der Waals surface area contributed by atoms with E-state index in [1.165, 1.54) is 0 Å². The summed E-state index contributed by atoms with van der Waals surface area (Å²) in [6.07, 6.45) is 2.19. The van der Waals surface area contributed by atoms with Crippen LogP contribution in [0, 0.1) is 0 Å². The van der Waals surface area contributed by atoms with Crippen LogP contribution in [0.15, 0.2) is 0 Å². The van der Waals surface area contributed by atoms with Crippen LogP contribution in [0.1, 0.15) is 39.5 Å². The second kappa shape index (κ2) is 8.97. The fourth-order valence-corrected chi connectivity index (χ4v) is 1.76. The van der Waals surface area contributed by atoms with Gasteiger partial charge in [-0.15, -0.1) is 0 Å². The molecule has 0 fully saturated rings. The van der Waals surface area contributed by atoms with E-state index in [0.29, 0.717) is 25.7 Å². The molecule has 0 spiro atoms. The van der Waals surface area contributed by atoms with Crippen LogP contribution < -0.4 is 11.5 Å². The van der Waals surface area contributed by atoms with Gasteiger partial charge in [-0.3, -0.25) is 0 Å². The van der Waals surface area contributed by atoms with Gasteiger partial charge in [0.25, 0.3) is 0 Å². The average molecular weight is 279 g/mol. The number of hydrogen-bond donors (Lipinski definition) is 2. The predicted octanol–water partition coefficient (Wildman–Crippen LogP) is 0.985. The van der Waals surface area contributed by atoms with Gasteiger partial charge in [0, 0.05) is 4.57 Å². The van der Waals surface area contributed by atoms with E-state index in [9.17, 15) is 14.2 Å². The molecular weight excluding hydrogens is 259 g/mol. The summed E-state index contributed by atoms with van der Waals surface area (Å²) in [7, 11) is -2.85. The highest BCUT2D eigenvalue weighted by molar-refractivity contribution is 7.34. The van der Waals surface area contributed by atoms with E-state index in [-0.39, 0.29) is 0 Å². The second-order valence-corrected chi connectivity index (χ2v) is 4.65. The van der Waals surface area contributed by atoms with Gasteiger partial charge in [-0.25, -0.2) is 9.59 Å². The van der Waals surface area contributed by atoms with Crippen molar-refractivity contribution in [1.29, 1.82) is 0 Å². The summed E-state index contributed by atoms with van der Waals surface area (Å²) in [5, 5.41) is 0. The van der Waals surface area contributed by atoms with Crippen molar-refractivity contribution in [1.82, 2.24) is 0 Å². The molecule has 0 rings (SSSR count). The first kappa shape index (κ1) is 17.0. The predicted molar refractivity (Wildman–Crippen MR) is 65.6 cm³/mol. The normalized spacial score (nSPS) is 14.6. The number of rotatable bonds is 8. The molecule has 0 aromatic rings. The van der Waals surface area contributed by atoms with E-state index in [1.807, 2.05) is 13.8 Å². The van der Waals surface area contributed by atoms with Crippen LogP contribution in [-0.2, 0) is 23.2 Å². The fourth-order valence-electron chi connectivity index (χ4n) is 1.16. The van der Waals surface area contributed by atoms with Gasteiger partial charge in [0.05, 0.1) is 0 Å². The zero-order chi connectivity index (χ0) is 14.1. The van der Waals surface area contributed by atoms with Crippen LogP contribution in [0.5, 0.6) is 0 Å². The van der Waals surface area contributed by atoms with Crippen LogP contribution in [0.25, 0.3) is 0 Å². The number of carbonyl (C=O) groups excluding carboxylic acids is 2. The van der Waals surface area contributed by atoms with Crippen molar-refractivity contribution < 1.29 is 23.2 Å². The summed E-state index contributed by atoms with van der Waals surface area (Å²) >= 11 is 0. The fraction of sp³-hybridized carbons (Fsp3) is 0.800. The van der Waals surface area contributed by atoms with Crippen LogP contribution in [0.3, 0.4) is 0 Å². The minimum Gasteiger partial charge on any atom is -0.318 e. The average Bonchev–Trinajstić information content (AvgIpc) is 2.29. The Morgan fingerprint density at radius 2 is 1.33 bits per heavy atom. The Balaban J connectivity index is 4.11. The van der Waals surface area contributed by atoms with Gasteiger partial charge in [-0.1, -0.05) is 26.7 Å².